The van der Waals surface area contributed by atoms with Crippen molar-refractivity contribution in [2.75, 3.05) is 0 Å². The normalized spacial score (nSPS) is 14.7. The Bertz CT molecular complexity index is 1060. The van der Waals surface area contributed by atoms with Crippen LogP contribution in [0.25, 0.3) is 16.6 Å². The number of nitrogens with zero attached hydrogens (tertiary/aromatic N) is 4. The summed E-state index contributed by atoms with van der Waals surface area (Å²) in [6, 6.07) is 6.62. The first-order valence-electron chi connectivity index (χ1n) is 7.86. The monoisotopic (exact) mass is 424 g/mol. The first kappa shape index (κ1) is 20.2. The van der Waals surface area contributed by atoms with Crippen LogP contribution >= 0.6 is 11.3 Å². The van der Waals surface area contributed by atoms with Crippen LogP contribution in [0.4, 0.5) is 5.69 Å². The van der Waals surface area contributed by atoms with E-state index in [-0.39, 0.29) is 10.6 Å². The lowest BCUT2D eigenvalue weighted by Crippen LogP contribution is -2.68. The number of aromatic nitrogens is 3. The fraction of sp³-hybridized carbons (Fsp3) is 0.188. The first-order valence-corrected chi connectivity index (χ1v) is 9.91. The van der Waals surface area contributed by atoms with E-state index in [9.17, 15) is 10.1 Å². The topological polar surface area (TPSA) is 165 Å². The number of benzene rings is 1. The summed E-state index contributed by atoms with van der Waals surface area (Å²) in [6.45, 7) is 1.97. The average molecular weight is 425 g/mol. The molecule has 146 valence electrons. The summed E-state index contributed by atoms with van der Waals surface area (Å²) >= 11 is 1.57. The Morgan fingerprint density at radius 2 is 1.82 bits per heavy atom. The smallest absolute Gasteiger partial charge is 0.258 e. The molecule has 1 aromatic carbocycles. The molecule has 2 aromatic heterocycles. The van der Waals surface area contributed by atoms with Crippen LogP contribution < -0.4 is 23.2 Å². The van der Waals surface area contributed by atoms with Crippen LogP contribution in [0.2, 0.25) is 0 Å². The van der Waals surface area contributed by atoms with Gasteiger partial charge in [-0.15, -0.1) is 10.2 Å². The van der Waals surface area contributed by atoms with E-state index in [1.165, 1.54) is 23.3 Å². The van der Waals surface area contributed by atoms with Gasteiger partial charge in [0.2, 0.25) is 0 Å². The molecule has 0 N–H and O–H groups in total. The van der Waals surface area contributed by atoms with Gasteiger partial charge in [-0.25, -0.2) is 18.6 Å². The zero-order valence-electron chi connectivity index (χ0n) is 14.4. The number of hydrogen-bond donors (Lipinski definition) is 0. The average Bonchev–Trinajstić information content (AvgIpc) is 3.16. The van der Waals surface area contributed by atoms with Gasteiger partial charge in [-0.2, -0.15) is 0 Å². The Hall–Kier alpha value is -2.54. The summed E-state index contributed by atoms with van der Waals surface area (Å²) in [4.78, 5) is 15.7. The highest BCUT2D eigenvalue weighted by atomic mass is 35.7. The summed E-state index contributed by atoms with van der Waals surface area (Å²) < 4.78 is 35.9. The van der Waals surface area contributed by atoms with Gasteiger partial charge < -0.3 is 0 Å². The van der Waals surface area contributed by atoms with E-state index in [4.69, 9.17) is 18.6 Å². The number of hydrogen-bond acceptors (Lipinski definition) is 9. The van der Waals surface area contributed by atoms with E-state index in [0.717, 1.165) is 34.1 Å². The van der Waals surface area contributed by atoms with Crippen molar-refractivity contribution in [3.8, 4) is 0 Å². The zero-order chi connectivity index (χ0) is 20.5. The van der Waals surface area contributed by atoms with Gasteiger partial charge in [0.25, 0.3) is 5.69 Å². The van der Waals surface area contributed by atoms with Gasteiger partial charge in [-0.1, -0.05) is 9.61 Å². The predicted molar refractivity (Wildman–Crippen MR) is 87.1 cm³/mol. The molecule has 0 amide bonds. The first-order chi connectivity index (χ1) is 13.1. The summed E-state index contributed by atoms with van der Waals surface area (Å²) in [6.07, 6.45) is 5.88. The Morgan fingerprint density at radius 1 is 1.18 bits per heavy atom. The van der Waals surface area contributed by atoms with Crippen molar-refractivity contribution >= 4 is 33.6 Å². The summed E-state index contributed by atoms with van der Waals surface area (Å²) in [5, 5.41) is 16.3. The minimum Gasteiger partial charge on any atom is -0.258 e. The standard InChI is InChI=1S/C16H13N4O2S.ClHO4/c1-10-18-19-15-12(4-5-13(15)9-17-16(19)23-10)8-11-2-6-14(7-3-11)20(21)22;2-1(3,4)5/h2-3,6-9H,4-5H2,1H3;(H,2,3,4,5)/q+1;/p-1/b12-8+;. The van der Waals surface area contributed by atoms with Gasteiger partial charge in [0.05, 0.1) is 4.92 Å². The van der Waals surface area contributed by atoms with Gasteiger partial charge in [0.15, 0.2) is 5.69 Å². The molecule has 0 radical (unpaired) electrons. The molecule has 0 saturated carbocycles. The molecule has 0 atom stereocenters. The number of nitro benzene ring substituents is 1. The van der Waals surface area contributed by atoms with Crippen molar-refractivity contribution in [1.82, 2.24) is 10.1 Å². The quantitative estimate of drug-likeness (QED) is 0.264. The molecule has 0 spiro atoms. The molecular formula is C16H13ClN4O6S. The van der Waals surface area contributed by atoms with Crippen molar-refractivity contribution < 1.29 is 38.3 Å². The molecule has 0 saturated heterocycles. The van der Waals surface area contributed by atoms with Crippen molar-refractivity contribution in [2.45, 2.75) is 19.8 Å². The van der Waals surface area contributed by atoms with Crippen molar-refractivity contribution in [1.29, 1.82) is 0 Å². The van der Waals surface area contributed by atoms with E-state index in [1.54, 1.807) is 23.5 Å². The maximum Gasteiger partial charge on any atom is 0.410 e. The molecule has 1 aliphatic rings. The molecule has 0 fully saturated rings. The molecule has 0 aliphatic heterocycles. The van der Waals surface area contributed by atoms with Crippen LogP contribution in [0.15, 0.2) is 30.5 Å². The number of non-ortho nitro benzene ring substituents is 1. The minimum absolute atomic E-state index is 0.107. The molecule has 0 unspecified atom stereocenters. The maximum absolute atomic E-state index is 10.7. The summed E-state index contributed by atoms with van der Waals surface area (Å²) in [5.74, 6) is 0. The van der Waals surface area contributed by atoms with Gasteiger partial charge in [0, 0.05) is 23.3 Å². The van der Waals surface area contributed by atoms with Gasteiger partial charge in [-0.05, 0) is 59.9 Å². The van der Waals surface area contributed by atoms with Gasteiger partial charge in [-0.3, -0.25) is 10.1 Å². The third-order valence-electron chi connectivity index (χ3n) is 3.92. The maximum atomic E-state index is 10.7. The van der Waals surface area contributed by atoms with E-state index in [2.05, 4.69) is 16.2 Å². The van der Waals surface area contributed by atoms with E-state index >= 15 is 0 Å². The van der Waals surface area contributed by atoms with E-state index in [0.29, 0.717) is 0 Å². The summed E-state index contributed by atoms with van der Waals surface area (Å²) in [5.41, 5.74) is 4.56. The number of aryl methyl sites for hydroxylation is 2. The molecule has 4 rings (SSSR count). The van der Waals surface area contributed by atoms with Crippen molar-refractivity contribution in [3.05, 3.63) is 62.4 Å². The third-order valence-corrected chi connectivity index (χ3v) is 4.76. The van der Waals surface area contributed by atoms with Crippen LogP contribution in [0.3, 0.4) is 0 Å². The lowest BCUT2D eigenvalue weighted by Gasteiger charge is -2.17. The number of fused-ring (bicyclic) bond motifs is 3. The van der Waals surface area contributed by atoms with Crippen LogP contribution in [-0.4, -0.2) is 15.0 Å². The molecule has 12 heteroatoms. The van der Waals surface area contributed by atoms with Crippen LogP contribution in [0.1, 0.15) is 28.2 Å². The second-order valence-electron chi connectivity index (χ2n) is 5.84. The number of nitro groups is 1. The molecular weight excluding hydrogens is 412 g/mol. The van der Waals surface area contributed by atoms with Crippen LogP contribution in [0.5, 0.6) is 0 Å². The molecule has 3 aromatic rings. The highest BCUT2D eigenvalue weighted by Gasteiger charge is 2.28. The van der Waals surface area contributed by atoms with E-state index in [1.807, 2.05) is 17.6 Å². The van der Waals surface area contributed by atoms with Gasteiger partial charge >= 0.3 is 4.96 Å². The molecule has 10 nitrogen and oxygen atoms in total. The highest BCUT2D eigenvalue weighted by Crippen LogP contribution is 2.31. The number of rotatable bonds is 2. The Balaban J connectivity index is 0.000000403. The fourth-order valence-corrected chi connectivity index (χ4v) is 3.59. The summed E-state index contributed by atoms with van der Waals surface area (Å²) in [7, 11) is -4.94. The Morgan fingerprint density at radius 3 is 2.43 bits per heavy atom. The molecule has 28 heavy (non-hydrogen) atoms. The predicted octanol–water partition coefficient (Wildman–Crippen LogP) is -1.78. The number of allylic oxidation sites excluding steroid dienone is 1. The SMILES string of the molecule is Cc1n[n+]2c3c(cnc2s1)CC/C3=C\c1ccc([N+](=O)[O-])cc1.[O-][Cl+3]([O-])([O-])[O-]. The molecule has 0 bridgehead atoms. The third kappa shape index (κ3) is 4.84. The number of halogens is 1. The second kappa shape index (κ2) is 7.83. The van der Waals surface area contributed by atoms with Crippen LogP contribution in [-0.2, 0) is 6.42 Å². The molecule has 1 aliphatic carbocycles. The lowest BCUT2D eigenvalue weighted by molar-refractivity contribution is -2.00. The zero-order valence-corrected chi connectivity index (χ0v) is 16.0. The van der Waals surface area contributed by atoms with Crippen LogP contribution in [0, 0.1) is 27.3 Å². The van der Waals surface area contributed by atoms with Crippen molar-refractivity contribution in [2.24, 2.45) is 0 Å². The largest absolute Gasteiger partial charge is 0.410 e. The minimum atomic E-state index is -4.94. The second-order valence-corrected chi connectivity index (χ2v) is 7.76. The van der Waals surface area contributed by atoms with Crippen molar-refractivity contribution in [3.63, 3.8) is 0 Å². The highest BCUT2D eigenvalue weighted by molar-refractivity contribution is 7.16. The van der Waals surface area contributed by atoms with E-state index < -0.39 is 10.2 Å². The lowest BCUT2D eigenvalue weighted by atomic mass is 10.1. The Labute approximate surface area is 164 Å². The Kier molecular flexibility index (Phi) is 5.65. The molecule has 2 heterocycles. The fourth-order valence-electron chi connectivity index (χ4n) is 2.88. The van der Waals surface area contributed by atoms with Gasteiger partial charge in [0.1, 0.15) is 11.2 Å².